The Bertz CT molecular complexity index is 1080. The van der Waals surface area contributed by atoms with Gasteiger partial charge in [-0.1, -0.05) is 17.3 Å². The lowest BCUT2D eigenvalue weighted by Crippen LogP contribution is -2.48. The molecule has 29 heavy (non-hydrogen) atoms. The number of nitrogens with one attached hydrogen (secondary N) is 1. The summed E-state index contributed by atoms with van der Waals surface area (Å²) in [6.45, 7) is 6.48. The molecule has 1 amide bonds. The Balaban J connectivity index is 1.42. The van der Waals surface area contributed by atoms with Crippen LogP contribution in [0.1, 0.15) is 44.0 Å². The number of hydrogen-bond acceptors (Lipinski definition) is 7. The largest absolute Gasteiger partial charge is 0.355 e. The number of amides is 1. The topological polar surface area (TPSA) is 118 Å². The van der Waals surface area contributed by atoms with Crippen molar-refractivity contribution in [3.8, 4) is 0 Å². The monoisotopic (exact) mass is 417 g/mol. The third-order valence-electron chi connectivity index (χ3n) is 5.30. The van der Waals surface area contributed by atoms with Crippen molar-refractivity contribution in [3.05, 3.63) is 41.5 Å². The first-order valence-electron chi connectivity index (χ1n) is 9.49. The van der Waals surface area contributed by atoms with Gasteiger partial charge in [-0.15, -0.1) is 4.40 Å². The molecule has 1 saturated heterocycles. The average molecular weight is 417 g/mol. The predicted molar refractivity (Wildman–Crippen MR) is 105 cm³/mol. The van der Waals surface area contributed by atoms with Crippen LogP contribution in [0.2, 0.25) is 0 Å². The zero-order valence-corrected chi connectivity index (χ0v) is 17.4. The molecule has 0 saturated carbocycles. The number of carbonyl (C=O) groups excluding carboxylic acids is 1. The van der Waals surface area contributed by atoms with Crippen molar-refractivity contribution in [1.82, 2.24) is 20.4 Å². The number of rotatable bonds is 3. The highest BCUT2D eigenvalue weighted by Gasteiger charge is 2.36. The number of likely N-dealkylation sites (tertiary alicyclic amines) is 1. The summed E-state index contributed by atoms with van der Waals surface area (Å²) >= 11 is 0. The summed E-state index contributed by atoms with van der Waals surface area (Å²) in [6.07, 6.45) is 1.21. The van der Waals surface area contributed by atoms with Crippen LogP contribution in [0, 0.1) is 12.8 Å². The first-order valence-corrected chi connectivity index (χ1v) is 10.9. The molecule has 0 unspecified atom stereocenters. The van der Waals surface area contributed by atoms with Gasteiger partial charge in [-0.25, -0.2) is 0 Å². The lowest BCUT2D eigenvalue weighted by Gasteiger charge is -2.34. The SMILES string of the molecule is Cc1nc(C(C)(C)NC(=O)C2CCN(C3=NS(=O)(=O)c4ccccc43)CC2)no1. The van der Waals surface area contributed by atoms with Gasteiger partial charge < -0.3 is 14.7 Å². The van der Waals surface area contributed by atoms with E-state index in [9.17, 15) is 13.2 Å². The normalized spacial score (nSPS) is 19.0. The fourth-order valence-electron chi connectivity index (χ4n) is 3.69. The van der Waals surface area contributed by atoms with Gasteiger partial charge in [-0.2, -0.15) is 13.4 Å². The molecule has 1 aromatic carbocycles. The first-order chi connectivity index (χ1) is 13.7. The summed E-state index contributed by atoms with van der Waals surface area (Å²) in [5.74, 6) is 1.11. The number of benzene rings is 1. The van der Waals surface area contributed by atoms with Gasteiger partial charge in [0.25, 0.3) is 10.0 Å². The van der Waals surface area contributed by atoms with Crippen LogP contribution in [0.5, 0.6) is 0 Å². The maximum Gasteiger partial charge on any atom is 0.285 e. The lowest BCUT2D eigenvalue weighted by atomic mass is 9.93. The third kappa shape index (κ3) is 3.64. The Kier molecular flexibility index (Phi) is 4.68. The van der Waals surface area contributed by atoms with Crippen molar-refractivity contribution >= 4 is 21.8 Å². The summed E-state index contributed by atoms with van der Waals surface area (Å²) in [4.78, 5) is 19.2. The lowest BCUT2D eigenvalue weighted by molar-refractivity contribution is -0.128. The van der Waals surface area contributed by atoms with E-state index in [-0.39, 0.29) is 16.7 Å². The summed E-state index contributed by atoms with van der Waals surface area (Å²) < 4.78 is 33.5. The van der Waals surface area contributed by atoms with Crippen molar-refractivity contribution in [2.24, 2.45) is 10.3 Å². The number of carbonyl (C=O) groups is 1. The molecule has 3 heterocycles. The Morgan fingerprint density at radius 1 is 1.24 bits per heavy atom. The summed E-state index contributed by atoms with van der Waals surface area (Å²) in [5.41, 5.74) is -0.113. The molecule has 9 nitrogen and oxygen atoms in total. The first kappa shape index (κ1) is 19.6. The number of nitrogens with zero attached hydrogens (tertiary/aromatic N) is 4. The number of sulfonamides is 1. The number of hydrogen-bond donors (Lipinski definition) is 1. The van der Waals surface area contributed by atoms with Gasteiger partial charge in [0, 0.05) is 31.5 Å². The molecule has 0 spiro atoms. The number of piperidine rings is 1. The van der Waals surface area contributed by atoms with E-state index in [1.54, 1.807) is 31.2 Å². The smallest absolute Gasteiger partial charge is 0.285 e. The van der Waals surface area contributed by atoms with E-state index in [2.05, 4.69) is 19.9 Å². The number of fused-ring (bicyclic) bond motifs is 1. The molecule has 1 aromatic heterocycles. The van der Waals surface area contributed by atoms with Crippen molar-refractivity contribution in [3.63, 3.8) is 0 Å². The van der Waals surface area contributed by atoms with Crippen LogP contribution >= 0.6 is 0 Å². The molecule has 4 rings (SSSR count). The van der Waals surface area contributed by atoms with E-state index in [4.69, 9.17) is 4.52 Å². The van der Waals surface area contributed by atoms with Crippen molar-refractivity contribution in [1.29, 1.82) is 0 Å². The fourth-order valence-corrected chi connectivity index (χ4v) is 4.92. The molecular weight excluding hydrogens is 394 g/mol. The van der Waals surface area contributed by atoms with Gasteiger partial charge in [-0.05, 0) is 38.8 Å². The second-order valence-electron chi connectivity index (χ2n) is 7.90. The number of aromatic nitrogens is 2. The molecule has 1 fully saturated rings. The van der Waals surface area contributed by atoms with Crippen LogP contribution in [0.25, 0.3) is 0 Å². The second-order valence-corrected chi connectivity index (χ2v) is 9.47. The highest BCUT2D eigenvalue weighted by Crippen LogP contribution is 2.30. The maximum atomic E-state index is 12.8. The highest BCUT2D eigenvalue weighted by atomic mass is 32.2. The molecule has 1 N–H and O–H groups in total. The molecule has 10 heteroatoms. The number of amidine groups is 1. The van der Waals surface area contributed by atoms with Crippen LogP contribution in [0.4, 0.5) is 0 Å². The van der Waals surface area contributed by atoms with Gasteiger partial charge >= 0.3 is 0 Å². The van der Waals surface area contributed by atoms with Crippen molar-refractivity contribution in [2.75, 3.05) is 13.1 Å². The second kappa shape index (κ2) is 6.94. The van der Waals surface area contributed by atoms with E-state index in [1.165, 1.54) is 0 Å². The van der Waals surface area contributed by atoms with Crippen LogP contribution < -0.4 is 5.32 Å². The van der Waals surface area contributed by atoms with E-state index < -0.39 is 15.6 Å². The zero-order valence-electron chi connectivity index (χ0n) is 16.5. The Morgan fingerprint density at radius 2 is 1.93 bits per heavy atom. The minimum atomic E-state index is -3.64. The van der Waals surface area contributed by atoms with Crippen LogP contribution in [0.15, 0.2) is 38.1 Å². The Morgan fingerprint density at radius 3 is 2.59 bits per heavy atom. The van der Waals surface area contributed by atoms with Crippen LogP contribution in [0.3, 0.4) is 0 Å². The molecule has 2 aliphatic heterocycles. The quantitative estimate of drug-likeness (QED) is 0.806. The summed E-state index contributed by atoms with van der Waals surface area (Å²) in [7, 11) is -3.64. The fraction of sp³-hybridized carbons (Fsp3) is 0.474. The third-order valence-corrected chi connectivity index (χ3v) is 6.63. The van der Waals surface area contributed by atoms with E-state index in [1.807, 2.05) is 18.7 Å². The van der Waals surface area contributed by atoms with E-state index in [0.717, 1.165) is 0 Å². The summed E-state index contributed by atoms with van der Waals surface area (Å²) in [6, 6.07) is 6.84. The molecule has 2 aliphatic rings. The van der Waals surface area contributed by atoms with Gasteiger partial charge in [0.1, 0.15) is 4.90 Å². The van der Waals surface area contributed by atoms with Gasteiger partial charge in [0.15, 0.2) is 11.7 Å². The predicted octanol–water partition coefficient (Wildman–Crippen LogP) is 1.59. The standard InChI is InChI=1S/C19H23N5O4S/c1-12-20-18(22-28-12)19(2,3)21-17(25)13-8-10-24(11-9-13)16-14-6-4-5-7-15(14)29(26,27)23-16/h4-7,13H,8-11H2,1-3H3,(H,21,25). The zero-order chi connectivity index (χ0) is 20.8. The van der Waals surface area contributed by atoms with Crippen LogP contribution in [-0.2, 0) is 20.4 Å². The molecule has 0 radical (unpaired) electrons. The Hall–Kier alpha value is -2.75. The van der Waals surface area contributed by atoms with E-state index in [0.29, 0.717) is 49.0 Å². The highest BCUT2D eigenvalue weighted by molar-refractivity contribution is 7.90. The van der Waals surface area contributed by atoms with Gasteiger partial charge in [-0.3, -0.25) is 4.79 Å². The van der Waals surface area contributed by atoms with Crippen molar-refractivity contribution < 1.29 is 17.7 Å². The molecule has 0 atom stereocenters. The molecule has 154 valence electrons. The van der Waals surface area contributed by atoms with Gasteiger partial charge in [0.05, 0.1) is 5.54 Å². The van der Waals surface area contributed by atoms with Crippen LogP contribution in [-0.4, -0.2) is 48.3 Å². The Labute approximate surface area is 169 Å². The van der Waals surface area contributed by atoms with E-state index >= 15 is 0 Å². The molecule has 2 aromatic rings. The minimum absolute atomic E-state index is 0.0708. The van der Waals surface area contributed by atoms with Gasteiger partial charge in [0.2, 0.25) is 11.8 Å². The molecule has 0 aliphatic carbocycles. The summed E-state index contributed by atoms with van der Waals surface area (Å²) in [5, 5.41) is 6.90. The molecule has 0 bridgehead atoms. The minimum Gasteiger partial charge on any atom is -0.355 e. The average Bonchev–Trinajstić information content (AvgIpc) is 3.24. The molecular formula is C19H23N5O4S. The maximum absolute atomic E-state index is 12.8. The number of aryl methyl sites for hydroxylation is 1. The van der Waals surface area contributed by atoms with Crippen molar-refractivity contribution in [2.45, 2.75) is 44.0 Å².